The number of fused-ring (bicyclic) bond motifs is 1. The van der Waals surface area contributed by atoms with Gasteiger partial charge >= 0.3 is 6.09 Å². The van der Waals surface area contributed by atoms with E-state index in [0.29, 0.717) is 71.5 Å². The molecule has 0 saturated carbocycles. The molecule has 0 spiro atoms. The van der Waals surface area contributed by atoms with E-state index in [-0.39, 0.29) is 17.6 Å². The van der Waals surface area contributed by atoms with Crippen LogP contribution < -0.4 is 10.5 Å². The van der Waals surface area contributed by atoms with Gasteiger partial charge in [0.05, 0.1) is 17.1 Å². The molecule has 0 N–H and O–H groups in total. The molecule has 0 radical (unpaired) electrons. The van der Waals surface area contributed by atoms with Gasteiger partial charge in [0.2, 0.25) is 0 Å². The summed E-state index contributed by atoms with van der Waals surface area (Å²) in [5.74, 6) is 0.728. The molecule has 2 aliphatic heterocycles. The number of ether oxygens (including phenoxy) is 1. The summed E-state index contributed by atoms with van der Waals surface area (Å²) in [4.78, 5) is 49.8. The number of amides is 2. The molecule has 0 bridgehead atoms. The monoisotopic (exact) mass is 557 g/mol. The highest BCUT2D eigenvalue weighted by molar-refractivity contribution is 8.26. The zero-order valence-electron chi connectivity index (χ0n) is 22.2. The number of unbranched alkanes of at least 4 members (excludes halogenated alkanes) is 1. The number of aromatic nitrogens is 2. The van der Waals surface area contributed by atoms with Gasteiger partial charge in [-0.25, -0.2) is 9.78 Å². The first-order valence-electron chi connectivity index (χ1n) is 13.3. The van der Waals surface area contributed by atoms with Crippen molar-refractivity contribution in [3.05, 3.63) is 45.2 Å². The Balaban J connectivity index is 1.65. The van der Waals surface area contributed by atoms with Crippen molar-refractivity contribution in [3.63, 3.8) is 0 Å². The fourth-order valence-electron chi connectivity index (χ4n) is 4.74. The number of nitrogens with zero attached hydrogens (tertiary/aromatic N) is 5. The molecule has 9 nitrogen and oxygen atoms in total. The van der Waals surface area contributed by atoms with Gasteiger partial charge in [0.15, 0.2) is 0 Å². The normalized spacial score (nSPS) is 18.1. The first-order valence-corrected chi connectivity index (χ1v) is 14.5. The number of carbonyl (C=O) groups excluding carboxylic acids is 2. The van der Waals surface area contributed by atoms with E-state index in [1.165, 1.54) is 16.2 Å². The van der Waals surface area contributed by atoms with E-state index in [1.54, 1.807) is 41.1 Å². The number of hydrogen-bond donors (Lipinski definition) is 0. The van der Waals surface area contributed by atoms with Crippen LogP contribution in [-0.2, 0) is 9.53 Å². The average Bonchev–Trinajstić information content (AvgIpc) is 3.19. The van der Waals surface area contributed by atoms with Crippen LogP contribution in [0.15, 0.2) is 34.1 Å². The summed E-state index contributed by atoms with van der Waals surface area (Å²) in [6.07, 6.45) is 7.25. The summed E-state index contributed by atoms with van der Waals surface area (Å²) in [5.41, 5.74) is 0.613. The van der Waals surface area contributed by atoms with Crippen molar-refractivity contribution >= 4 is 57.8 Å². The smallest absolute Gasteiger partial charge is 0.409 e. The van der Waals surface area contributed by atoms with Crippen LogP contribution in [0, 0.1) is 5.92 Å². The van der Waals surface area contributed by atoms with Crippen molar-refractivity contribution in [2.45, 2.75) is 46.5 Å². The molecule has 2 aromatic heterocycles. The molecule has 0 aliphatic carbocycles. The second kappa shape index (κ2) is 12.8. The molecule has 4 heterocycles. The summed E-state index contributed by atoms with van der Waals surface area (Å²) >= 11 is 6.82. The Kier molecular flexibility index (Phi) is 9.43. The quantitative estimate of drug-likeness (QED) is 0.331. The third kappa shape index (κ3) is 6.04. The van der Waals surface area contributed by atoms with E-state index in [2.05, 4.69) is 13.8 Å². The third-order valence-electron chi connectivity index (χ3n) is 6.99. The van der Waals surface area contributed by atoms with Crippen LogP contribution in [0.3, 0.4) is 0 Å². The van der Waals surface area contributed by atoms with E-state index >= 15 is 0 Å². The van der Waals surface area contributed by atoms with Gasteiger partial charge in [-0.3, -0.25) is 18.9 Å². The fraction of sp³-hybridized carbons (Fsp3) is 0.519. The van der Waals surface area contributed by atoms with E-state index in [0.717, 1.165) is 25.7 Å². The summed E-state index contributed by atoms with van der Waals surface area (Å²) in [5, 5.41) is 0. The zero-order chi connectivity index (χ0) is 27.2. The Morgan fingerprint density at radius 1 is 1.18 bits per heavy atom. The molecule has 0 aromatic carbocycles. The molecule has 11 heteroatoms. The van der Waals surface area contributed by atoms with Crippen molar-refractivity contribution in [1.82, 2.24) is 19.2 Å². The van der Waals surface area contributed by atoms with Gasteiger partial charge in [0.25, 0.3) is 11.5 Å². The second-order valence-electron chi connectivity index (χ2n) is 9.46. The molecule has 204 valence electrons. The Labute approximate surface area is 232 Å². The minimum absolute atomic E-state index is 0.161. The molecule has 2 saturated heterocycles. The number of thioether (sulfide) groups is 1. The summed E-state index contributed by atoms with van der Waals surface area (Å²) in [7, 11) is 0. The van der Waals surface area contributed by atoms with Gasteiger partial charge in [-0.05, 0) is 37.5 Å². The van der Waals surface area contributed by atoms with Crippen molar-refractivity contribution in [2.75, 3.05) is 44.2 Å². The number of pyridine rings is 1. The highest BCUT2D eigenvalue weighted by Crippen LogP contribution is 2.35. The molecule has 2 fully saturated rings. The largest absolute Gasteiger partial charge is 0.450 e. The Hall–Kier alpha value is -2.92. The Morgan fingerprint density at radius 3 is 2.63 bits per heavy atom. The highest BCUT2D eigenvalue weighted by Gasteiger charge is 2.34. The lowest BCUT2D eigenvalue weighted by atomic mass is 9.99. The van der Waals surface area contributed by atoms with E-state index in [1.807, 2.05) is 11.0 Å². The van der Waals surface area contributed by atoms with Gasteiger partial charge in [0.1, 0.15) is 15.8 Å². The molecule has 4 rings (SSSR count). The maximum Gasteiger partial charge on any atom is 0.409 e. The third-order valence-corrected chi connectivity index (χ3v) is 8.36. The molecular formula is C27H35N5O4S2. The average molecular weight is 558 g/mol. The van der Waals surface area contributed by atoms with Crippen LogP contribution in [0.5, 0.6) is 0 Å². The van der Waals surface area contributed by atoms with E-state index in [9.17, 15) is 14.4 Å². The SMILES string of the molecule is CCCCC(CC)CN1C(=O)C(=Cc2c(N3CCN(C(=O)OCC)CC3)nc3ccccn3c2=O)SC1=S. The number of hydrogen-bond acceptors (Lipinski definition) is 8. The maximum absolute atomic E-state index is 13.6. The predicted molar refractivity (Wildman–Crippen MR) is 155 cm³/mol. The van der Waals surface area contributed by atoms with Crippen LogP contribution in [0.4, 0.5) is 10.6 Å². The van der Waals surface area contributed by atoms with E-state index in [4.69, 9.17) is 21.9 Å². The van der Waals surface area contributed by atoms with Crippen molar-refractivity contribution in [1.29, 1.82) is 0 Å². The first-order chi connectivity index (χ1) is 18.4. The lowest BCUT2D eigenvalue weighted by Gasteiger charge is -2.35. The molecule has 2 aliphatic rings. The number of thiocarbonyl (C=S) groups is 1. The molecule has 1 atom stereocenters. The molecule has 38 heavy (non-hydrogen) atoms. The molecular weight excluding hydrogens is 522 g/mol. The van der Waals surface area contributed by atoms with E-state index < -0.39 is 0 Å². The van der Waals surface area contributed by atoms with Gasteiger partial charge in [-0.2, -0.15) is 0 Å². The molecule has 2 amide bonds. The van der Waals surface area contributed by atoms with Crippen molar-refractivity contribution < 1.29 is 14.3 Å². The number of piperazine rings is 1. The second-order valence-corrected chi connectivity index (χ2v) is 11.1. The predicted octanol–water partition coefficient (Wildman–Crippen LogP) is 4.39. The van der Waals surface area contributed by atoms with Crippen LogP contribution in [0.2, 0.25) is 0 Å². The van der Waals surface area contributed by atoms with Crippen molar-refractivity contribution in [3.8, 4) is 0 Å². The minimum atomic E-state index is -0.341. The number of anilines is 1. The number of rotatable bonds is 9. The van der Waals surface area contributed by atoms with Gasteiger partial charge in [-0.15, -0.1) is 0 Å². The lowest BCUT2D eigenvalue weighted by molar-refractivity contribution is -0.122. The van der Waals surface area contributed by atoms with Crippen LogP contribution in [0.25, 0.3) is 11.7 Å². The Morgan fingerprint density at radius 2 is 1.95 bits per heavy atom. The van der Waals surface area contributed by atoms with Crippen LogP contribution in [0.1, 0.15) is 52.0 Å². The standard InChI is InChI=1S/C27H35N5O4S2/c1-4-7-10-19(5-2)18-32-25(34)21(38-27(32)37)17-20-23(28-22-11-8-9-12-31(22)24(20)33)29-13-15-30(16-14-29)26(35)36-6-3/h8-9,11-12,17,19H,4-7,10,13-16,18H2,1-3H3. The van der Waals surface area contributed by atoms with Crippen LogP contribution in [-0.4, -0.2) is 74.8 Å². The summed E-state index contributed by atoms with van der Waals surface area (Å²) < 4.78 is 7.15. The minimum Gasteiger partial charge on any atom is -0.450 e. The van der Waals surface area contributed by atoms with Crippen LogP contribution >= 0.6 is 24.0 Å². The fourth-order valence-corrected chi connectivity index (χ4v) is 5.99. The lowest BCUT2D eigenvalue weighted by Crippen LogP contribution is -2.49. The van der Waals surface area contributed by atoms with Gasteiger partial charge in [0, 0.05) is 38.9 Å². The van der Waals surface area contributed by atoms with Gasteiger partial charge in [-0.1, -0.05) is 63.2 Å². The number of carbonyl (C=O) groups is 2. The molecule has 2 aromatic rings. The molecule has 1 unspecified atom stereocenters. The summed E-state index contributed by atoms with van der Waals surface area (Å²) in [6.45, 7) is 8.89. The highest BCUT2D eigenvalue weighted by atomic mass is 32.2. The Bertz CT molecular complexity index is 1290. The first kappa shape index (κ1) is 28.1. The zero-order valence-corrected chi connectivity index (χ0v) is 23.9. The van der Waals surface area contributed by atoms with Gasteiger partial charge < -0.3 is 14.5 Å². The summed E-state index contributed by atoms with van der Waals surface area (Å²) in [6, 6.07) is 5.39. The van der Waals surface area contributed by atoms with Crippen molar-refractivity contribution in [2.24, 2.45) is 5.92 Å². The topological polar surface area (TPSA) is 87.5 Å². The maximum atomic E-state index is 13.6.